The third-order valence-corrected chi connectivity index (χ3v) is 2.44. The van der Waals surface area contributed by atoms with Crippen molar-refractivity contribution in [3.8, 4) is 0 Å². The molecule has 0 saturated heterocycles. The van der Waals surface area contributed by atoms with Crippen LogP contribution in [0.3, 0.4) is 0 Å². The molecule has 0 heterocycles. The van der Waals surface area contributed by atoms with E-state index in [1.807, 2.05) is 0 Å². The molecule has 90 valence electrons. The number of aliphatic hydroxyl groups excluding tert-OH is 2. The Hall–Kier alpha value is -0.910. The van der Waals surface area contributed by atoms with Crippen molar-refractivity contribution in [2.75, 3.05) is 11.6 Å². The Morgan fingerprint density at radius 1 is 1.31 bits per heavy atom. The molecule has 1 aromatic carbocycles. The third-order valence-electron chi connectivity index (χ3n) is 2.22. The molecule has 16 heavy (non-hydrogen) atoms. The zero-order valence-electron chi connectivity index (χ0n) is 8.33. The summed E-state index contributed by atoms with van der Waals surface area (Å²) in [6, 6.07) is 1.99. The highest BCUT2D eigenvalue weighted by atomic mass is 35.5. The highest BCUT2D eigenvalue weighted by Gasteiger charge is 2.25. The fraction of sp³-hybridized carbons (Fsp3) is 0.400. The summed E-state index contributed by atoms with van der Waals surface area (Å²) in [6.45, 7) is 0. The van der Waals surface area contributed by atoms with Crippen LogP contribution in [0.15, 0.2) is 12.1 Å². The van der Waals surface area contributed by atoms with Crippen LogP contribution in [0.2, 0.25) is 0 Å². The molecule has 6 heteroatoms. The van der Waals surface area contributed by atoms with Crippen molar-refractivity contribution in [3.05, 3.63) is 29.3 Å². The lowest BCUT2D eigenvalue weighted by Gasteiger charge is -2.18. The number of hydrogen-bond acceptors (Lipinski definition) is 3. The van der Waals surface area contributed by atoms with Gasteiger partial charge in [-0.15, -0.1) is 11.6 Å². The summed E-state index contributed by atoms with van der Waals surface area (Å²) >= 11 is 5.36. The van der Waals surface area contributed by atoms with Crippen LogP contribution in [0.25, 0.3) is 0 Å². The van der Waals surface area contributed by atoms with Crippen molar-refractivity contribution in [1.82, 2.24) is 0 Å². The number of rotatable bonds is 4. The first-order valence-corrected chi connectivity index (χ1v) is 5.18. The summed E-state index contributed by atoms with van der Waals surface area (Å²) in [4.78, 5) is 0. The lowest BCUT2D eigenvalue weighted by Crippen LogP contribution is -2.21. The molecule has 0 fully saturated rings. The maximum absolute atomic E-state index is 13.4. The Morgan fingerprint density at radius 3 is 2.50 bits per heavy atom. The van der Waals surface area contributed by atoms with Crippen LogP contribution < -0.4 is 5.73 Å². The second-order valence-electron chi connectivity index (χ2n) is 3.35. The maximum atomic E-state index is 13.4. The van der Waals surface area contributed by atoms with Crippen molar-refractivity contribution >= 4 is 17.3 Å². The summed E-state index contributed by atoms with van der Waals surface area (Å²) in [5.74, 6) is -1.93. The average Bonchev–Trinajstić information content (AvgIpc) is 2.24. The van der Waals surface area contributed by atoms with Gasteiger partial charge in [0.15, 0.2) is 5.82 Å². The molecule has 3 nitrogen and oxygen atoms in total. The highest BCUT2D eigenvalue weighted by Crippen LogP contribution is 2.28. The minimum Gasteiger partial charge on any atom is -0.396 e. The summed E-state index contributed by atoms with van der Waals surface area (Å²) in [7, 11) is 0. The number of anilines is 1. The molecule has 0 amide bonds. The van der Waals surface area contributed by atoms with Gasteiger partial charge in [0, 0.05) is 5.88 Å². The minimum absolute atomic E-state index is 0.0242. The molecule has 0 radical (unpaired) electrons. The van der Waals surface area contributed by atoms with Crippen molar-refractivity contribution < 1.29 is 19.0 Å². The fourth-order valence-electron chi connectivity index (χ4n) is 1.32. The van der Waals surface area contributed by atoms with E-state index in [9.17, 15) is 19.0 Å². The van der Waals surface area contributed by atoms with Crippen LogP contribution in [0, 0.1) is 11.6 Å². The van der Waals surface area contributed by atoms with E-state index >= 15 is 0 Å². The topological polar surface area (TPSA) is 66.5 Å². The van der Waals surface area contributed by atoms with E-state index < -0.39 is 29.4 Å². The summed E-state index contributed by atoms with van der Waals surface area (Å²) in [5.41, 5.74) is 4.33. The van der Waals surface area contributed by atoms with E-state index in [1.165, 1.54) is 0 Å². The van der Waals surface area contributed by atoms with Crippen LogP contribution in [-0.2, 0) is 0 Å². The van der Waals surface area contributed by atoms with E-state index in [0.717, 1.165) is 12.1 Å². The molecule has 2 atom stereocenters. The van der Waals surface area contributed by atoms with Crippen LogP contribution in [0.1, 0.15) is 18.1 Å². The molecule has 1 aromatic rings. The van der Waals surface area contributed by atoms with Crippen LogP contribution in [-0.4, -0.2) is 22.2 Å². The summed E-state index contributed by atoms with van der Waals surface area (Å²) < 4.78 is 26.7. The molecule has 0 aliphatic heterocycles. The van der Waals surface area contributed by atoms with Crippen LogP contribution in [0.4, 0.5) is 14.5 Å². The molecular formula is C10H12ClF2NO2. The molecule has 4 N–H and O–H groups in total. The largest absolute Gasteiger partial charge is 0.396 e. The van der Waals surface area contributed by atoms with Gasteiger partial charge in [-0.1, -0.05) is 0 Å². The van der Waals surface area contributed by atoms with Gasteiger partial charge in [-0.3, -0.25) is 0 Å². The smallest absolute Gasteiger partial charge is 0.154 e. The normalized spacial score (nSPS) is 14.8. The lowest BCUT2D eigenvalue weighted by molar-refractivity contribution is 0.0128. The van der Waals surface area contributed by atoms with Crippen molar-refractivity contribution in [1.29, 1.82) is 0 Å². The quantitative estimate of drug-likeness (QED) is 0.562. The first kappa shape index (κ1) is 13.2. The monoisotopic (exact) mass is 251 g/mol. The van der Waals surface area contributed by atoms with E-state index in [-0.39, 0.29) is 18.0 Å². The number of aliphatic hydroxyl groups is 2. The number of hydrogen-bond donors (Lipinski definition) is 3. The summed E-state index contributed by atoms with van der Waals surface area (Å²) in [5, 5.41) is 19.0. The van der Waals surface area contributed by atoms with Crippen molar-refractivity contribution in [3.63, 3.8) is 0 Å². The minimum atomic E-state index is -1.68. The zero-order chi connectivity index (χ0) is 12.3. The lowest BCUT2D eigenvalue weighted by atomic mass is 10.0. The second kappa shape index (κ2) is 5.43. The molecule has 1 rings (SSSR count). The van der Waals surface area contributed by atoms with Gasteiger partial charge in [0.1, 0.15) is 11.9 Å². The highest BCUT2D eigenvalue weighted by molar-refractivity contribution is 6.17. The SMILES string of the molecule is Nc1ccc(F)c(C(O)C(O)CCCl)c1F. The Labute approximate surface area is 96.5 Å². The van der Waals surface area contributed by atoms with Gasteiger partial charge in [-0.25, -0.2) is 8.78 Å². The first-order valence-electron chi connectivity index (χ1n) is 4.64. The average molecular weight is 252 g/mol. The number of benzene rings is 1. The first-order chi connectivity index (χ1) is 7.49. The molecule has 0 aromatic heterocycles. The van der Waals surface area contributed by atoms with Gasteiger partial charge in [0.25, 0.3) is 0 Å². The van der Waals surface area contributed by atoms with Gasteiger partial charge >= 0.3 is 0 Å². The third kappa shape index (κ3) is 2.61. The molecule has 0 saturated carbocycles. The Morgan fingerprint density at radius 2 is 1.94 bits per heavy atom. The molecule has 2 unspecified atom stereocenters. The van der Waals surface area contributed by atoms with Crippen molar-refractivity contribution in [2.24, 2.45) is 0 Å². The zero-order valence-corrected chi connectivity index (χ0v) is 9.09. The number of nitrogen functional groups attached to an aromatic ring is 1. The Kier molecular flexibility index (Phi) is 4.46. The van der Waals surface area contributed by atoms with Crippen LogP contribution >= 0.6 is 11.6 Å². The Bertz CT molecular complexity index is 376. The van der Waals surface area contributed by atoms with Crippen LogP contribution in [0.5, 0.6) is 0 Å². The van der Waals surface area contributed by atoms with Gasteiger partial charge in [-0.05, 0) is 18.6 Å². The fourth-order valence-corrected chi connectivity index (χ4v) is 1.54. The van der Waals surface area contributed by atoms with E-state index in [0.29, 0.717) is 0 Å². The molecule has 0 bridgehead atoms. The van der Waals surface area contributed by atoms with Gasteiger partial charge in [0.05, 0.1) is 17.4 Å². The van der Waals surface area contributed by atoms with E-state index in [1.54, 1.807) is 0 Å². The molecule has 0 aliphatic rings. The van der Waals surface area contributed by atoms with Crippen molar-refractivity contribution in [2.45, 2.75) is 18.6 Å². The maximum Gasteiger partial charge on any atom is 0.154 e. The summed E-state index contributed by atoms with van der Waals surface area (Å²) in [6.07, 6.45) is -2.98. The standard InChI is InChI=1S/C10H12ClF2NO2/c11-4-3-7(15)10(16)8-5(12)1-2-6(14)9(8)13/h1-2,7,10,15-16H,3-4,14H2. The van der Waals surface area contributed by atoms with Gasteiger partial charge in [-0.2, -0.15) is 0 Å². The predicted molar refractivity (Wildman–Crippen MR) is 57.1 cm³/mol. The molecule has 0 aliphatic carbocycles. The second-order valence-corrected chi connectivity index (χ2v) is 3.73. The molecule has 0 spiro atoms. The molecular weight excluding hydrogens is 240 g/mol. The van der Waals surface area contributed by atoms with Gasteiger partial charge < -0.3 is 15.9 Å². The number of halogens is 3. The number of alkyl halides is 1. The van der Waals surface area contributed by atoms with Gasteiger partial charge in [0.2, 0.25) is 0 Å². The number of nitrogens with two attached hydrogens (primary N) is 1. The predicted octanol–water partition coefficient (Wildman–Crippen LogP) is 1.57. The Balaban J connectivity index is 3.07. The van der Waals surface area contributed by atoms with E-state index in [4.69, 9.17) is 17.3 Å². The van der Waals surface area contributed by atoms with E-state index in [2.05, 4.69) is 0 Å².